The number of nitro benzene ring substituents is 1. The van der Waals surface area contributed by atoms with Crippen molar-refractivity contribution in [2.24, 2.45) is 5.14 Å². The number of halogens is 3. The van der Waals surface area contributed by atoms with Crippen molar-refractivity contribution in [2.45, 2.75) is 17.5 Å². The first-order valence-electron chi connectivity index (χ1n) is 8.81. The lowest BCUT2D eigenvalue weighted by molar-refractivity contribution is -0.385. The molecule has 11 nitrogen and oxygen atoms in total. The van der Waals surface area contributed by atoms with Crippen LogP contribution in [0.15, 0.2) is 39.8 Å². The van der Waals surface area contributed by atoms with E-state index in [1.54, 1.807) is 6.07 Å². The first-order chi connectivity index (χ1) is 15.3. The van der Waals surface area contributed by atoms with E-state index in [4.69, 9.17) is 14.6 Å². The predicted octanol–water partition coefficient (Wildman–Crippen LogP) is 2.92. The maximum Gasteiger partial charge on any atom is 0.471 e. The van der Waals surface area contributed by atoms with Gasteiger partial charge in [-0.2, -0.15) is 18.2 Å². The molecule has 0 aliphatic carbocycles. The van der Waals surface area contributed by atoms with Crippen molar-refractivity contribution >= 4 is 15.7 Å². The molecule has 0 spiro atoms. The number of primary sulfonamides is 1. The average molecular weight is 488 g/mol. The van der Waals surface area contributed by atoms with Gasteiger partial charge in [0.1, 0.15) is 16.4 Å². The summed E-state index contributed by atoms with van der Waals surface area (Å²) in [5.41, 5.74) is -0.837. The summed E-state index contributed by atoms with van der Waals surface area (Å²) in [4.78, 5) is 12.9. The Morgan fingerprint density at radius 2 is 1.85 bits per heavy atom. The molecule has 0 aliphatic heterocycles. The van der Waals surface area contributed by atoms with E-state index < -0.39 is 49.0 Å². The zero-order valence-electron chi connectivity index (χ0n) is 16.9. The van der Waals surface area contributed by atoms with Gasteiger partial charge < -0.3 is 14.0 Å². The second-order valence-corrected chi connectivity index (χ2v) is 8.09. The number of hydrogen-bond donors (Lipinski definition) is 1. The fourth-order valence-corrected chi connectivity index (χ4v) is 3.82. The molecule has 0 saturated heterocycles. The van der Waals surface area contributed by atoms with E-state index in [0.717, 1.165) is 6.07 Å². The number of nitrogens with zero attached hydrogens (tertiary/aromatic N) is 3. The summed E-state index contributed by atoms with van der Waals surface area (Å²) in [6.07, 6.45) is -5.23. The molecular weight excluding hydrogens is 473 g/mol. The van der Waals surface area contributed by atoms with Gasteiger partial charge in [0.15, 0.2) is 0 Å². The molecule has 0 saturated carbocycles. The summed E-state index contributed by atoms with van der Waals surface area (Å²) in [6, 6.07) is 6.18. The lowest BCUT2D eigenvalue weighted by Crippen LogP contribution is -2.15. The normalized spacial score (nSPS) is 11.9. The number of non-ortho nitro benzene ring substituents is 1. The van der Waals surface area contributed by atoms with E-state index >= 15 is 0 Å². The fourth-order valence-electron chi connectivity index (χ4n) is 3.02. The highest BCUT2D eigenvalue weighted by Gasteiger charge is 2.39. The Kier molecular flexibility index (Phi) is 6.29. The number of rotatable bonds is 7. The molecule has 0 radical (unpaired) electrons. The van der Waals surface area contributed by atoms with Gasteiger partial charge in [-0.25, -0.2) is 13.6 Å². The van der Waals surface area contributed by atoms with Crippen LogP contribution in [0.1, 0.15) is 17.0 Å². The van der Waals surface area contributed by atoms with Gasteiger partial charge in [0, 0.05) is 30.2 Å². The van der Waals surface area contributed by atoms with Crippen LogP contribution in [0.4, 0.5) is 18.9 Å². The van der Waals surface area contributed by atoms with Gasteiger partial charge in [0.05, 0.1) is 19.1 Å². The second-order valence-electron chi connectivity index (χ2n) is 6.56. The third kappa shape index (κ3) is 5.04. The summed E-state index contributed by atoms with van der Waals surface area (Å²) in [6.45, 7) is 0. The number of ether oxygens (including phenoxy) is 2. The Hall–Kier alpha value is -3.72. The van der Waals surface area contributed by atoms with Gasteiger partial charge in [-0.3, -0.25) is 10.1 Å². The van der Waals surface area contributed by atoms with Crippen LogP contribution in [-0.4, -0.2) is 37.7 Å². The minimum atomic E-state index is -5.01. The van der Waals surface area contributed by atoms with E-state index in [9.17, 15) is 31.7 Å². The summed E-state index contributed by atoms with van der Waals surface area (Å²) in [7, 11) is -1.90. The van der Waals surface area contributed by atoms with Crippen LogP contribution in [0.25, 0.3) is 11.4 Å². The molecule has 2 aromatic carbocycles. The molecule has 0 aliphatic rings. The topological polar surface area (TPSA) is 161 Å². The standard InChI is InChI=1S/C18H15F3N4O7S/c1-30-12-4-3-9(13(8-12)31-2)5-10-6-11(25(26)27)7-14(33(22,28)29)15(10)16-23-17(32-24-16)18(19,20)21/h3-4,6-8H,5H2,1-2H3,(H2,22,28,29). The third-order valence-electron chi connectivity index (χ3n) is 4.45. The summed E-state index contributed by atoms with van der Waals surface area (Å²) < 4.78 is 78.0. The first-order valence-corrected chi connectivity index (χ1v) is 10.4. The van der Waals surface area contributed by atoms with Crippen molar-refractivity contribution in [2.75, 3.05) is 14.2 Å². The number of alkyl halides is 3. The van der Waals surface area contributed by atoms with Gasteiger partial charge >= 0.3 is 12.1 Å². The number of nitro groups is 1. The van der Waals surface area contributed by atoms with E-state index in [1.807, 2.05) is 0 Å². The van der Waals surface area contributed by atoms with Crippen molar-refractivity contribution < 1.29 is 40.5 Å². The minimum Gasteiger partial charge on any atom is -0.497 e. The quantitative estimate of drug-likeness (QED) is 0.389. The molecule has 2 N–H and O–H groups in total. The lowest BCUT2D eigenvalue weighted by Gasteiger charge is -2.14. The highest BCUT2D eigenvalue weighted by molar-refractivity contribution is 7.89. The van der Waals surface area contributed by atoms with Gasteiger partial charge in [-0.1, -0.05) is 11.2 Å². The first kappa shape index (κ1) is 23.9. The number of methoxy groups -OCH3 is 2. The molecule has 1 heterocycles. The zero-order chi connectivity index (χ0) is 24.6. The third-order valence-corrected chi connectivity index (χ3v) is 5.39. The van der Waals surface area contributed by atoms with Crippen LogP contribution < -0.4 is 14.6 Å². The van der Waals surface area contributed by atoms with Crippen molar-refractivity contribution in [1.29, 1.82) is 0 Å². The summed E-state index contributed by atoms with van der Waals surface area (Å²) in [5, 5.41) is 19.8. The van der Waals surface area contributed by atoms with E-state index in [1.165, 1.54) is 26.4 Å². The number of nitrogens with two attached hydrogens (primary N) is 1. The fraction of sp³-hybridized carbons (Fsp3) is 0.222. The van der Waals surface area contributed by atoms with E-state index in [2.05, 4.69) is 14.7 Å². The molecule has 33 heavy (non-hydrogen) atoms. The molecule has 3 aromatic rings. The molecular formula is C18H15F3N4O7S. The number of benzene rings is 2. The SMILES string of the molecule is COc1ccc(Cc2cc([N+](=O)[O-])cc(S(N)(=O)=O)c2-c2noc(C(F)(F)F)n2)c(OC)c1. The highest BCUT2D eigenvalue weighted by Crippen LogP contribution is 2.37. The highest BCUT2D eigenvalue weighted by atomic mass is 32.2. The van der Waals surface area contributed by atoms with Crippen LogP contribution in [0, 0.1) is 10.1 Å². The average Bonchev–Trinajstić information content (AvgIpc) is 3.23. The summed E-state index contributed by atoms with van der Waals surface area (Å²) >= 11 is 0. The van der Waals surface area contributed by atoms with Crippen LogP contribution >= 0.6 is 0 Å². The van der Waals surface area contributed by atoms with Crippen molar-refractivity contribution in [3.63, 3.8) is 0 Å². The van der Waals surface area contributed by atoms with E-state index in [0.29, 0.717) is 17.4 Å². The smallest absolute Gasteiger partial charge is 0.471 e. The molecule has 0 amide bonds. The van der Waals surface area contributed by atoms with Gasteiger partial charge in [-0.15, -0.1) is 0 Å². The number of hydrogen-bond acceptors (Lipinski definition) is 9. The lowest BCUT2D eigenvalue weighted by atomic mass is 9.97. The molecule has 1 aromatic heterocycles. The number of aromatic nitrogens is 2. The second kappa shape index (κ2) is 8.67. The van der Waals surface area contributed by atoms with Crippen LogP contribution in [0.3, 0.4) is 0 Å². The van der Waals surface area contributed by atoms with Gasteiger partial charge in [0.25, 0.3) is 5.69 Å². The maximum atomic E-state index is 13.0. The Labute approximate surface area is 184 Å². The predicted molar refractivity (Wildman–Crippen MR) is 105 cm³/mol. The van der Waals surface area contributed by atoms with Crippen molar-refractivity contribution in [3.05, 3.63) is 57.5 Å². The zero-order valence-corrected chi connectivity index (χ0v) is 17.7. The summed E-state index contributed by atoms with van der Waals surface area (Å²) in [5.74, 6) is -1.80. The number of sulfonamides is 1. The van der Waals surface area contributed by atoms with E-state index in [-0.39, 0.29) is 17.7 Å². The molecule has 176 valence electrons. The molecule has 15 heteroatoms. The monoisotopic (exact) mass is 488 g/mol. The van der Waals surface area contributed by atoms with Crippen LogP contribution in [-0.2, 0) is 22.6 Å². The Bertz CT molecular complexity index is 1320. The minimum absolute atomic E-state index is 0.105. The van der Waals surface area contributed by atoms with Crippen LogP contribution in [0.5, 0.6) is 11.5 Å². The molecule has 3 rings (SSSR count). The van der Waals surface area contributed by atoms with Crippen molar-refractivity contribution in [3.8, 4) is 22.9 Å². The maximum absolute atomic E-state index is 13.0. The molecule has 0 fully saturated rings. The van der Waals surface area contributed by atoms with Crippen LogP contribution in [0.2, 0.25) is 0 Å². The van der Waals surface area contributed by atoms with Gasteiger partial charge in [-0.05, 0) is 17.2 Å². The Morgan fingerprint density at radius 3 is 2.36 bits per heavy atom. The molecule has 0 bridgehead atoms. The van der Waals surface area contributed by atoms with Crippen molar-refractivity contribution in [1.82, 2.24) is 10.1 Å². The largest absolute Gasteiger partial charge is 0.497 e. The van der Waals surface area contributed by atoms with Gasteiger partial charge in [0.2, 0.25) is 15.8 Å². The molecule has 0 unspecified atom stereocenters. The Morgan fingerprint density at radius 1 is 1.15 bits per heavy atom. The Balaban J connectivity index is 2.31. The molecule has 0 atom stereocenters.